The second-order valence-corrected chi connectivity index (χ2v) is 5.95. The fourth-order valence-electron chi connectivity index (χ4n) is 1.97. The van der Waals surface area contributed by atoms with Crippen LogP contribution in [-0.2, 0) is 17.8 Å². The van der Waals surface area contributed by atoms with Crippen molar-refractivity contribution in [1.29, 1.82) is 0 Å². The fourth-order valence-corrected chi connectivity index (χ4v) is 2.46. The summed E-state index contributed by atoms with van der Waals surface area (Å²) in [5.41, 5.74) is 1.61. The number of imidazole rings is 1. The molecule has 0 saturated carbocycles. The van der Waals surface area contributed by atoms with Crippen molar-refractivity contribution in [3.05, 3.63) is 22.6 Å². The molecule has 0 spiro atoms. The number of halogens is 2. The number of aryl methyl sites for hydroxylation is 2. The number of alkyl halides is 1. The average molecular weight is 360 g/mol. The highest BCUT2D eigenvalue weighted by Gasteiger charge is 2.13. The second kappa shape index (κ2) is 6.54. The van der Waals surface area contributed by atoms with Gasteiger partial charge in [-0.2, -0.15) is 0 Å². The van der Waals surface area contributed by atoms with Crippen molar-refractivity contribution in [3.63, 3.8) is 0 Å². The Morgan fingerprint density at radius 3 is 2.90 bits per heavy atom. The normalized spacial score (nSPS) is 11.0. The molecule has 0 fully saturated rings. The first-order valence-electron chi connectivity index (χ1n) is 6.29. The zero-order valence-electron chi connectivity index (χ0n) is 11.4. The number of carbonyl (C=O) groups excluding carboxylic acids is 1. The summed E-state index contributed by atoms with van der Waals surface area (Å²) in [6, 6.07) is 1.92. The van der Waals surface area contributed by atoms with Crippen LogP contribution in [0.25, 0.3) is 11.2 Å². The van der Waals surface area contributed by atoms with Gasteiger partial charge in [0.25, 0.3) is 0 Å². The largest absolute Gasteiger partial charge is 0.349 e. The molecule has 0 bridgehead atoms. The van der Waals surface area contributed by atoms with Crippen LogP contribution in [0.5, 0.6) is 0 Å². The smallest absolute Gasteiger partial charge is 0.223 e. The summed E-state index contributed by atoms with van der Waals surface area (Å²) in [5, 5.41) is 0. The molecule has 0 atom stereocenters. The van der Waals surface area contributed by atoms with Gasteiger partial charge in [0.15, 0.2) is 5.65 Å². The molecule has 1 amide bonds. The Morgan fingerprint density at radius 1 is 1.50 bits per heavy atom. The van der Waals surface area contributed by atoms with Gasteiger partial charge in [0.05, 0.1) is 0 Å². The highest BCUT2D eigenvalue weighted by atomic mass is 79.9. The number of nitrogens with zero attached hydrogens (tertiary/aromatic N) is 4. The molecule has 108 valence electrons. The van der Waals surface area contributed by atoms with Crippen molar-refractivity contribution in [1.82, 2.24) is 19.4 Å². The highest BCUT2D eigenvalue weighted by molar-refractivity contribution is 9.10. The fraction of sp³-hybridized carbons (Fsp3) is 0.462. The Bertz CT molecular complexity index is 626. The van der Waals surface area contributed by atoms with Crippen LogP contribution in [-0.4, -0.2) is 45.3 Å². The Kier molecular flexibility index (Phi) is 4.99. The molecule has 20 heavy (non-hydrogen) atoms. The van der Waals surface area contributed by atoms with Gasteiger partial charge in [0.1, 0.15) is 11.3 Å². The van der Waals surface area contributed by atoms with Crippen molar-refractivity contribution in [3.8, 4) is 0 Å². The first-order valence-corrected chi connectivity index (χ1v) is 7.62. The molecule has 0 saturated heterocycles. The van der Waals surface area contributed by atoms with E-state index in [-0.39, 0.29) is 5.91 Å². The van der Waals surface area contributed by atoms with E-state index < -0.39 is 0 Å². The van der Waals surface area contributed by atoms with E-state index in [2.05, 4.69) is 25.9 Å². The van der Waals surface area contributed by atoms with Crippen LogP contribution in [0, 0.1) is 0 Å². The molecule has 2 rings (SSSR count). The lowest BCUT2D eigenvalue weighted by molar-refractivity contribution is -0.128. The van der Waals surface area contributed by atoms with Crippen molar-refractivity contribution in [2.24, 2.45) is 0 Å². The van der Waals surface area contributed by atoms with E-state index >= 15 is 0 Å². The van der Waals surface area contributed by atoms with Crippen molar-refractivity contribution < 1.29 is 4.79 Å². The molecule has 0 unspecified atom stereocenters. The van der Waals surface area contributed by atoms with Gasteiger partial charge < -0.3 is 9.47 Å². The maximum absolute atomic E-state index is 11.7. The third-order valence-corrected chi connectivity index (χ3v) is 3.62. The molecule has 7 heteroatoms. The molecule has 0 aliphatic heterocycles. The summed E-state index contributed by atoms with van der Waals surface area (Å²) in [4.78, 5) is 22.3. The minimum atomic E-state index is 0.0841. The molecule has 2 aromatic heterocycles. The van der Waals surface area contributed by atoms with Gasteiger partial charge in [-0.3, -0.25) is 4.79 Å². The summed E-state index contributed by atoms with van der Waals surface area (Å²) in [6.45, 7) is 0.564. The van der Waals surface area contributed by atoms with E-state index in [9.17, 15) is 4.79 Å². The van der Waals surface area contributed by atoms with E-state index in [1.165, 1.54) is 0 Å². The molecule has 0 radical (unpaired) electrons. The van der Waals surface area contributed by atoms with Gasteiger partial charge in [0, 0.05) is 50.0 Å². The number of pyridine rings is 1. The summed E-state index contributed by atoms with van der Waals surface area (Å²) >= 11 is 9.21. The Morgan fingerprint density at radius 2 is 2.25 bits per heavy atom. The van der Waals surface area contributed by atoms with Crippen LogP contribution >= 0.6 is 27.5 Å². The quantitative estimate of drug-likeness (QED) is 0.771. The summed E-state index contributed by atoms with van der Waals surface area (Å²) < 4.78 is 2.86. The molecular weight excluding hydrogens is 344 g/mol. The van der Waals surface area contributed by atoms with Gasteiger partial charge in [-0.15, -0.1) is 11.6 Å². The predicted molar refractivity (Wildman–Crippen MR) is 83.0 cm³/mol. The van der Waals surface area contributed by atoms with Crippen LogP contribution in [0.4, 0.5) is 0 Å². The molecule has 0 aliphatic carbocycles. The monoisotopic (exact) mass is 358 g/mol. The van der Waals surface area contributed by atoms with E-state index in [0.717, 1.165) is 21.5 Å². The molecular formula is C13H16BrClN4O. The van der Waals surface area contributed by atoms with Crippen molar-refractivity contribution in [2.45, 2.75) is 19.4 Å². The predicted octanol–water partition coefficient (Wildman–Crippen LogP) is 2.45. The SMILES string of the molecule is CN(C)C(=O)CCn1c(CCCl)nc2cc(Br)cnc21. The van der Waals surface area contributed by atoms with Crippen molar-refractivity contribution >= 4 is 44.6 Å². The second-order valence-electron chi connectivity index (χ2n) is 4.65. The Labute approximate surface area is 131 Å². The lowest BCUT2D eigenvalue weighted by Crippen LogP contribution is -2.23. The lowest BCUT2D eigenvalue weighted by atomic mass is 10.3. The molecule has 2 heterocycles. The number of hydrogen-bond donors (Lipinski definition) is 0. The van der Waals surface area contributed by atoms with E-state index in [1.807, 2.05) is 10.6 Å². The first kappa shape index (κ1) is 15.3. The van der Waals surface area contributed by atoms with Crippen molar-refractivity contribution in [2.75, 3.05) is 20.0 Å². The molecule has 0 aliphatic rings. The van der Waals surface area contributed by atoms with E-state index in [1.54, 1.807) is 25.2 Å². The molecule has 0 aromatic carbocycles. The summed E-state index contributed by atoms with van der Waals surface area (Å²) in [7, 11) is 3.51. The Balaban J connectivity index is 2.33. The molecule has 5 nitrogen and oxygen atoms in total. The van der Waals surface area contributed by atoms with Gasteiger partial charge in [-0.1, -0.05) is 0 Å². The maximum atomic E-state index is 11.7. The minimum absolute atomic E-state index is 0.0841. The topological polar surface area (TPSA) is 51.0 Å². The van der Waals surface area contributed by atoms with Crippen LogP contribution in [0.3, 0.4) is 0 Å². The minimum Gasteiger partial charge on any atom is -0.349 e. The first-order chi connectivity index (χ1) is 9.52. The zero-order valence-corrected chi connectivity index (χ0v) is 13.8. The van der Waals surface area contributed by atoms with Crippen LogP contribution in [0.1, 0.15) is 12.2 Å². The third-order valence-electron chi connectivity index (χ3n) is 3.00. The van der Waals surface area contributed by atoms with Crippen LogP contribution in [0.2, 0.25) is 0 Å². The van der Waals surface area contributed by atoms with Crippen LogP contribution < -0.4 is 0 Å². The van der Waals surface area contributed by atoms with Crippen LogP contribution in [0.15, 0.2) is 16.7 Å². The number of hydrogen-bond acceptors (Lipinski definition) is 3. The zero-order chi connectivity index (χ0) is 14.7. The highest BCUT2D eigenvalue weighted by Crippen LogP contribution is 2.19. The van der Waals surface area contributed by atoms with Gasteiger partial charge in [-0.25, -0.2) is 9.97 Å². The standard InChI is InChI=1S/C13H16BrClN4O/c1-18(2)12(20)4-6-19-11(3-5-15)17-10-7-9(14)8-16-13(10)19/h7-8H,3-6H2,1-2H3. The average Bonchev–Trinajstić information content (AvgIpc) is 2.72. The number of carbonyl (C=O) groups is 1. The Hall–Kier alpha value is -1.14. The summed E-state index contributed by atoms with van der Waals surface area (Å²) in [6.07, 6.45) is 2.82. The number of fused-ring (bicyclic) bond motifs is 1. The van der Waals surface area contributed by atoms with Gasteiger partial charge >= 0.3 is 0 Å². The van der Waals surface area contributed by atoms with E-state index in [0.29, 0.717) is 25.3 Å². The number of aromatic nitrogens is 3. The molecule has 0 N–H and O–H groups in total. The summed E-state index contributed by atoms with van der Waals surface area (Å²) in [5.74, 6) is 1.44. The third kappa shape index (κ3) is 3.30. The lowest BCUT2D eigenvalue weighted by Gasteiger charge is -2.12. The number of rotatable bonds is 5. The molecule has 2 aromatic rings. The van der Waals surface area contributed by atoms with E-state index in [4.69, 9.17) is 11.6 Å². The number of amides is 1. The van der Waals surface area contributed by atoms with Gasteiger partial charge in [-0.05, 0) is 22.0 Å². The van der Waals surface area contributed by atoms with Gasteiger partial charge in [0.2, 0.25) is 5.91 Å². The maximum Gasteiger partial charge on any atom is 0.223 e.